The molecule has 0 spiro atoms. The number of oxime groups is 1. The van der Waals surface area contributed by atoms with E-state index in [9.17, 15) is 0 Å². The first-order valence-corrected chi connectivity index (χ1v) is 3.82. The van der Waals surface area contributed by atoms with E-state index in [1.54, 1.807) is 18.1 Å². The second-order valence-electron chi connectivity index (χ2n) is 2.64. The maximum atomic E-state index is 8.38. The average Bonchev–Trinajstić information content (AvgIpc) is 2.18. The van der Waals surface area contributed by atoms with Crippen molar-refractivity contribution in [1.29, 1.82) is 0 Å². The van der Waals surface area contributed by atoms with Crippen LogP contribution in [0.2, 0.25) is 0 Å². The highest BCUT2D eigenvalue weighted by atomic mass is 16.4. The van der Waals surface area contributed by atoms with Crippen LogP contribution in [0.15, 0.2) is 29.6 Å². The summed E-state index contributed by atoms with van der Waals surface area (Å²) < 4.78 is 0. The average molecular weight is 180 g/mol. The zero-order valence-electron chi connectivity index (χ0n) is 7.38. The Hall–Kier alpha value is -1.78. The van der Waals surface area contributed by atoms with Gasteiger partial charge in [-0.1, -0.05) is 11.2 Å². The minimum Gasteiger partial charge on any atom is -0.408 e. The van der Waals surface area contributed by atoms with Gasteiger partial charge in [-0.2, -0.15) is 0 Å². The molecule has 5 nitrogen and oxygen atoms in total. The molecule has 0 aliphatic carbocycles. The van der Waals surface area contributed by atoms with Crippen molar-refractivity contribution in [2.75, 3.05) is 7.05 Å². The lowest BCUT2D eigenvalue weighted by atomic mass is 10.3. The van der Waals surface area contributed by atoms with Crippen molar-refractivity contribution in [3.05, 3.63) is 30.1 Å². The van der Waals surface area contributed by atoms with Gasteiger partial charge >= 0.3 is 0 Å². The van der Waals surface area contributed by atoms with E-state index in [-0.39, 0.29) is 5.96 Å². The molecule has 0 radical (unpaired) electrons. The van der Waals surface area contributed by atoms with Gasteiger partial charge in [0.15, 0.2) is 0 Å². The maximum Gasteiger partial charge on any atom is 0.233 e. The van der Waals surface area contributed by atoms with Crippen LogP contribution >= 0.6 is 0 Å². The molecule has 0 unspecified atom stereocenters. The highest BCUT2D eigenvalue weighted by Gasteiger charge is 2.02. The number of hydrogen-bond donors (Lipinski definition) is 2. The van der Waals surface area contributed by atoms with Crippen molar-refractivity contribution in [3.8, 4) is 0 Å². The summed E-state index contributed by atoms with van der Waals surface area (Å²) in [7, 11) is 1.73. The fourth-order valence-electron chi connectivity index (χ4n) is 0.892. The molecule has 1 aromatic heterocycles. The molecule has 0 bridgehead atoms. The summed E-state index contributed by atoms with van der Waals surface area (Å²) in [6, 6.07) is 5.61. The lowest BCUT2D eigenvalue weighted by Crippen LogP contribution is -2.33. The Labute approximate surface area is 76.5 Å². The molecule has 0 aliphatic rings. The molecule has 1 rings (SSSR count). The molecule has 70 valence electrons. The predicted molar refractivity (Wildman–Crippen MR) is 49.1 cm³/mol. The molecule has 3 N–H and O–H groups in total. The molecular formula is C8H12N4O. The van der Waals surface area contributed by atoms with Crippen molar-refractivity contribution < 1.29 is 5.21 Å². The third-order valence-electron chi connectivity index (χ3n) is 1.62. The molecule has 0 aromatic carbocycles. The van der Waals surface area contributed by atoms with Gasteiger partial charge in [-0.15, -0.1) is 0 Å². The second kappa shape index (κ2) is 4.30. The van der Waals surface area contributed by atoms with Gasteiger partial charge in [0.1, 0.15) is 0 Å². The highest BCUT2D eigenvalue weighted by molar-refractivity contribution is 5.76. The highest BCUT2D eigenvalue weighted by Crippen LogP contribution is 1.97. The fourth-order valence-corrected chi connectivity index (χ4v) is 0.892. The standard InChI is InChI=1S/C8H12N4O/c1-12(8(9)11-13)6-7-4-2-3-5-10-7/h2-5,13H,6H2,1H3,(H2,9,11). The molecule has 5 heteroatoms. The fraction of sp³-hybridized carbons (Fsp3) is 0.250. The lowest BCUT2D eigenvalue weighted by molar-refractivity contribution is 0.303. The number of pyridine rings is 1. The van der Waals surface area contributed by atoms with E-state index in [1.165, 1.54) is 0 Å². The normalized spacial score (nSPS) is 11.3. The third kappa shape index (κ3) is 2.62. The van der Waals surface area contributed by atoms with Crippen molar-refractivity contribution in [3.63, 3.8) is 0 Å². The van der Waals surface area contributed by atoms with Gasteiger partial charge in [0.05, 0.1) is 12.2 Å². The van der Waals surface area contributed by atoms with Crippen LogP contribution in [0.1, 0.15) is 5.69 Å². The van der Waals surface area contributed by atoms with E-state index < -0.39 is 0 Å². The van der Waals surface area contributed by atoms with Crippen LogP contribution < -0.4 is 5.73 Å². The van der Waals surface area contributed by atoms with E-state index in [1.807, 2.05) is 18.2 Å². The summed E-state index contributed by atoms with van der Waals surface area (Å²) in [6.07, 6.45) is 1.70. The smallest absolute Gasteiger partial charge is 0.233 e. The first kappa shape index (κ1) is 9.31. The van der Waals surface area contributed by atoms with Crippen LogP contribution in [0.25, 0.3) is 0 Å². The molecule has 0 aliphatic heterocycles. The van der Waals surface area contributed by atoms with E-state index >= 15 is 0 Å². The van der Waals surface area contributed by atoms with Crippen LogP contribution in [0.3, 0.4) is 0 Å². The number of nitrogens with zero attached hydrogens (tertiary/aromatic N) is 3. The predicted octanol–water partition coefficient (Wildman–Crippen LogP) is 0.217. The second-order valence-corrected chi connectivity index (χ2v) is 2.64. The van der Waals surface area contributed by atoms with Crippen molar-refractivity contribution >= 4 is 5.96 Å². The van der Waals surface area contributed by atoms with Gasteiger partial charge in [-0.05, 0) is 12.1 Å². The Morgan fingerprint density at radius 3 is 3.00 bits per heavy atom. The Balaban J connectivity index is 2.60. The van der Waals surface area contributed by atoms with E-state index in [0.29, 0.717) is 6.54 Å². The number of aromatic nitrogens is 1. The van der Waals surface area contributed by atoms with Gasteiger partial charge in [0, 0.05) is 13.2 Å². The van der Waals surface area contributed by atoms with Crippen molar-refractivity contribution in [1.82, 2.24) is 9.88 Å². The summed E-state index contributed by atoms with van der Waals surface area (Å²) in [6.45, 7) is 0.525. The van der Waals surface area contributed by atoms with Gasteiger partial charge in [-0.25, -0.2) is 0 Å². The summed E-state index contributed by atoms with van der Waals surface area (Å²) in [5.74, 6) is 0.0747. The van der Waals surface area contributed by atoms with Gasteiger partial charge in [-0.3, -0.25) is 4.98 Å². The Morgan fingerprint density at radius 1 is 1.69 bits per heavy atom. The molecule has 0 fully saturated rings. The summed E-state index contributed by atoms with van der Waals surface area (Å²) in [4.78, 5) is 5.70. The zero-order chi connectivity index (χ0) is 9.68. The number of rotatable bonds is 2. The van der Waals surface area contributed by atoms with E-state index in [2.05, 4.69) is 10.1 Å². The Kier molecular flexibility index (Phi) is 3.08. The van der Waals surface area contributed by atoms with Crippen LogP contribution in [0, 0.1) is 0 Å². The minimum atomic E-state index is 0.0747. The van der Waals surface area contributed by atoms with E-state index in [0.717, 1.165) is 5.69 Å². The first-order chi connectivity index (χ1) is 6.24. The number of nitrogens with two attached hydrogens (primary N) is 1. The lowest BCUT2D eigenvalue weighted by Gasteiger charge is -2.15. The van der Waals surface area contributed by atoms with Crippen LogP contribution in [-0.4, -0.2) is 28.1 Å². The largest absolute Gasteiger partial charge is 0.408 e. The molecule has 0 atom stereocenters. The summed E-state index contributed by atoms with van der Waals surface area (Å²) >= 11 is 0. The summed E-state index contributed by atoms with van der Waals surface area (Å²) in [5, 5.41) is 11.3. The number of hydrogen-bond acceptors (Lipinski definition) is 3. The van der Waals surface area contributed by atoms with Crippen molar-refractivity contribution in [2.45, 2.75) is 6.54 Å². The van der Waals surface area contributed by atoms with Crippen LogP contribution in [0.4, 0.5) is 0 Å². The quantitative estimate of drug-likeness (QED) is 0.295. The van der Waals surface area contributed by atoms with Crippen LogP contribution in [0.5, 0.6) is 0 Å². The molecule has 1 heterocycles. The SMILES string of the molecule is CN(Cc1ccccn1)/C(N)=N/O. The van der Waals surface area contributed by atoms with Gasteiger partial charge in [0.2, 0.25) is 5.96 Å². The Bertz CT molecular complexity index is 285. The van der Waals surface area contributed by atoms with Gasteiger partial charge in [0.25, 0.3) is 0 Å². The zero-order valence-corrected chi connectivity index (χ0v) is 7.38. The molecule has 0 saturated heterocycles. The topological polar surface area (TPSA) is 74.7 Å². The van der Waals surface area contributed by atoms with E-state index in [4.69, 9.17) is 10.9 Å². The molecular weight excluding hydrogens is 168 g/mol. The summed E-state index contributed by atoms with van der Waals surface area (Å²) in [5.41, 5.74) is 6.23. The van der Waals surface area contributed by atoms with Crippen LogP contribution in [-0.2, 0) is 6.54 Å². The molecule has 0 amide bonds. The monoisotopic (exact) mass is 180 g/mol. The number of guanidine groups is 1. The molecule has 0 saturated carbocycles. The first-order valence-electron chi connectivity index (χ1n) is 3.82. The van der Waals surface area contributed by atoms with Gasteiger partial charge < -0.3 is 15.8 Å². The Morgan fingerprint density at radius 2 is 2.46 bits per heavy atom. The molecule has 1 aromatic rings. The van der Waals surface area contributed by atoms with Crippen molar-refractivity contribution in [2.24, 2.45) is 10.9 Å². The maximum absolute atomic E-state index is 8.38. The molecule has 13 heavy (non-hydrogen) atoms. The minimum absolute atomic E-state index is 0.0747. The third-order valence-corrected chi connectivity index (χ3v) is 1.62.